The zero-order valence-corrected chi connectivity index (χ0v) is 49.0. The van der Waals surface area contributed by atoms with Gasteiger partial charge in [0.1, 0.15) is 33.6 Å². The maximum absolute atomic E-state index is 14.0. The van der Waals surface area contributed by atoms with E-state index in [1.54, 1.807) is 41.5 Å². The first-order chi connectivity index (χ1) is 32.2. The molecule has 13 nitrogen and oxygen atoms in total. The molecule has 0 heterocycles. The van der Waals surface area contributed by atoms with Gasteiger partial charge in [-0.15, -0.1) is 0 Å². The van der Waals surface area contributed by atoms with Gasteiger partial charge in [-0.05, 0) is 192 Å². The molecule has 2 unspecified atom stereocenters. The topological polar surface area (TPSA) is 167 Å². The van der Waals surface area contributed by atoms with Crippen LogP contribution in [0.15, 0.2) is 0 Å². The molecule has 0 rings (SSSR count). The highest BCUT2D eigenvalue weighted by molar-refractivity contribution is 5.76. The SMILES string of the molecule is CCCCCCCCC(CCOCCC(CCC(CCC(CC)CC(=O)OC(C)(C)C)CC(=O)OC(C)(C)C)(CC(=O)OC(C)(C)C)CC(=O)OC(C)(C)C)(CC(=O)OC(C)(C)C)CC(=O)OC(C)(C)C. The summed E-state index contributed by atoms with van der Waals surface area (Å²) in [6.45, 7) is 37.3. The summed E-state index contributed by atoms with van der Waals surface area (Å²) >= 11 is 0. The van der Waals surface area contributed by atoms with Gasteiger partial charge in [-0.3, -0.25) is 28.8 Å². The van der Waals surface area contributed by atoms with Gasteiger partial charge in [0, 0.05) is 26.1 Å². The van der Waals surface area contributed by atoms with E-state index in [2.05, 4.69) is 6.92 Å². The van der Waals surface area contributed by atoms with Crippen molar-refractivity contribution in [3.63, 3.8) is 0 Å². The van der Waals surface area contributed by atoms with Crippen molar-refractivity contribution in [2.24, 2.45) is 22.7 Å². The molecule has 0 N–H and O–H groups in total. The highest BCUT2D eigenvalue weighted by atomic mass is 16.6. The Labute approximate surface area is 432 Å². The summed E-state index contributed by atoms with van der Waals surface area (Å²) in [5.41, 5.74) is -6.17. The Hall–Kier alpha value is -3.22. The second-order valence-electron chi connectivity index (χ2n) is 26.5. The maximum atomic E-state index is 14.0. The van der Waals surface area contributed by atoms with Crippen molar-refractivity contribution in [2.45, 2.75) is 300 Å². The third kappa shape index (κ3) is 37.2. The van der Waals surface area contributed by atoms with Crippen LogP contribution in [0.4, 0.5) is 0 Å². The molecule has 0 fully saturated rings. The largest absolute Gasteiger partial charge is 0.460 e. The van der Waals surface area contributed by atoms with Crippen LogP contribution in [0.1, 0.15) is 267 Å². The first-order valence-corrected chi connectivity index (χ1v) is 27.1. The first-order valence-electron chi connectivity index (χ1n) is 27.1. The van der Waals surface area contributed by atoms with E-state index in [4.69, 9.17) is 33.2 Å². The summed E-state index contributed by atoms with van der Waals surface area (Å²) in [7, 11) is 0. The fraction of sp³-hybridized carbons (Fsp3) is 0.897. The van der Waals surface area contributed by atoms with Gasteiger partial charge in [-0.1, -0.05) is 58.8 Å². The molecule has 416 valence electrons. The van der Waals surface area contributed by atoms with E-state index in [-0.39, 0.29) is 81.9 Å². The molecule has 71 heavy (non-hydrogen) atoms. The van der Waals surface area contributed by atoms with Crippen LogP contribution < -0.4 is 0 Å². The standard InChI is InChI=1S/C58H106O13/c1-21-23-24-25-26-27-31-57(39-47(61)68-53(9,10)11,40-48(62)69-54(12,13)14)33-35-65-36-34-58(41-49(63)70-55(15,16)17,42-50(64)71-56(18,19)20)32-30-44(38-46(60)67-52(6,7)8)29-28-43(22-2)37-45(59)66-51(3,4)5/h43-44H,21-42H2,1-20H3. The van der Waals surface area contributed by atoms with E-state index in [1.807, 2.05) is 90.0 Å². The van der Waals surface area contributed by atoms with Crippen molar-refractivity contribution in [2.75, 3.05) is 13.2 Å². The van der Waals surface area contributed by atoms with Crippen LogP contribution in [-0.4, -0.2) is 82.6 Å². The predicted octanol–water partition coefficient (Wildman–Crippen LogP) is 14.1. The molecule has 0 aliphatic carbocycles. The smallest absolute Gasteiger partial charge is 0.306 e. The van der Waals surface area contributed by atoms with E-state index in [9.17, 15) is 28.8 Å². The van der Waals surface area contributed by atoms with Crippen LogP contribution in [0.3, 0.4) is 0 Å². The van der Waals surface area contributed by atoms with Crippen molar-refractivity contribution in [1.82, 2.24) is 0 Å². The third-order valence-corrected chi connectivity index (χ3v) is 11.8. The zero-order valence-electron chi connectivity index (χ0n) is 49.0. The number of rotatable bonds is 32. The Morgan fingerprint density at radius 2 is 0.634 bits per heavy atom. The summed E-state index contributed by atoms with van der Waals surface area (Å²) in [5.74, 6) is -2.53. The second-order valence-corrected chi connectivity index (χ2v) is 26.5. The number of carbonyl (C=O) groups is 6. The lowest BCUT2D eigenvalue weighted by Gasteiger charge is -2.36. The molecule has 0 aliphatic heterocycles. The molecule has 0 aromatic carbocycles. The molecule has 0 aliphatic rings. The number of carbonyl (C=O) groups excluding carboxylic acids is 6. The molecule has 2 atom stereocenters. The first kappa shape index (κ1) is 67.8. The molecule has 0 aromatic heterocycles. The average Bonchev–Trinajstić information content (AvgIpc) is 3.11. The Balaban J connectivity index is 7.20. The highest BCUT2D eigenvalue weighted by Gasteiger charge is 2.41. The van der Waals surface area contributed by atoms with Crippen LogP contribution in [0.5, 0.6) is 0 Å². The van der Waals surface area contributed by atoms with E-state index < -0.39 is 68.3 Å². The zero-order chi connectivity index (χ0) is 55.1. The minimum Gasteiger partial charge on any atom is -0.460 e. The van der Waals surface area contributed by atoms with Gasteiger partial charge < -0.3 is 33.2 Å². The molecule has 0 saturated heterocycles. The summed E-state index contributed by atoms with van der Waals surface area (Å²) in [6.07, 6.45) is 10.4. The second kappa shape index (κ2) is 30.2. The van der Waals surface area contributed by atoms with Gasteiger partial charge in [0.05, 0.1) is 25.7 Å². The van der Waals surface area contributed by atoms with Crippen LogP contribution in [0.2, 0.25) is 0 Å². The van der Waals surface area contributed by atoms with E-state index in [0.717, 1.165) is 44.9 Å². The van der Waals surface area contributed by atoms with Gasteiger partial charge in [0.2, 0.25) is 0 Å². The normalized spacial score (nSPS) is 14.0. The molecular formula is C58H106O13. The minimum atomic E-state index is -1.01. The van der Waals surface area contributed by atoms with Gasteiger partial charge in [0.25, 0.3) is 0 Å². The Bertz CT molecular complexity index is 1540. The van der Waals surface area contributed by atoms with Crippen molar-refractivity contribution in [1.29, 1.82) is 0 Å². The molecule has 13 heteroatoms. The van der Waals surface area contributed by atoms with Crippen LogP contribution in [0.25, 0.3) is 0 Å². The lowest BCUT2D eigenvalue weighted by molar-refractivity contribution is -0.165. The molecule has 0 aromatic rings. The number of hydrogen-bond acceptors (Lipinski definition) is 13. The molecular weight excluding hydrogens is 905 g/mol. The summed E-state index contributed by atoms with van der Waals surface area (Å²) in [4.78, 5) is 81.6. The highest BCUT2D eigenvalue weighted by Crippen LogP contribution is 2.43. The van der Waals surface area contributed by atoms with Crippen molar-refractivity contribution in [3.8, 4) is 0 Å². The van der Waals surface area contributed by atoms with E-state index in [1.165, 1.54) is 0 Å². The predicted molar refractivity (Wildman–Crippen MR) is 281 cm³/mol. The quantitative estimate of drug-likeness (QED) is 0.0355. The van der Waals surface area contributed by atoms with Crippen molar-refractivity contribution >= 4 is 35.8 Å². The van der Waals surface area contributed by atoms with Crippen molar-refractivity contribution < 1.29 is 61.9 Å². The number of ether oxygens (including phenoxy) is 7. The summed E-state index contributed by atoms with van der Waals surface area (Å²) in [5, 5.41) is 0. The number of esters is 6. The van der Waals surface area contributed by atoms with Gasteiger partial charge in [-0.2, -0.15) is 0 Å². The lowest BCUT2D eigenvalue weighted by Crippen LogP contribution is -2.36. The summed E-state index contributed by atoms with van der Waals surface area (Å²) < 4.78 is 41.5. The van der Waals surface area contributed by atoms with Gasteiger partial charge >= 0.3 is 35.8 Å². The van der Waals surface area contributed by atoms with Gasteiger partial charge in [0.15, 0.2) is 0 Å². The monoisotopic (exact) mass is 1010 g/mol. The molecule has 0 spiro atoms. The van der Waals surface area contributed by atoms with Gasteiger partial charge in [-0.25, -0.2) is 0 Å². The fourth-order valence-electron chi connectivity index (χ4n) is 8.80. The fourth-order valence-corrected chi connectivity index (χ4v) is 8.80. The van der Waals surface area contributed by atoms with Crippen molar-refractivity contribution in [3.05, 3.63) is 0 Å². The Morgan fingerprint density at radius 1 is 0.338 bits per heavy atom. The third-order valence-electron chi connectivity index (χ3n) is 11.8. The molecule has 0 saturated carbocycles. The molecule has 0 bridgehead atoms. The number of unbranched alkanes of at least 4 members (excludes halogenated alkanes) is 5. The number of hydrogen-bond donors (Lipinski definition) is 0. The summed E-state index contributed by atoms with van der Waals surface area (Å²) in [6, 6.07) is 0. The lowest BCUT2D eigenvalue weighted by atomic mass is 9.72. The molecule has 0 amide bonds. The molecule has 0 radical (unpaired) electrons. The Morgan fingerprint density at radius 3 is 0.972 bits per heavy atom. The maximum Gasteiger partial charge on any atom is 0.306 e. The van der Waals surface area contributed by atoms with E-state index in [0.29, 0.717) is 38.5 Å². The van der Waals surface area contributed by atoms with Crippen LogP contribution in [-0.2, 0) is 61.9 Å². The Kier molecular flexibility index (Phi) is 28.9. The van der Waals surface area contributed by atoms with E-state index >= 15 is 0 Å². The van der Waals surface area contributed by atoms with Crippen LogP contribution in [0, 0.1) is 22.7 Å². The van der Waals surface area contributed by atoms with Crippen LogP contribution >= 0.6 is 0 Å². The minimum absolute atomic E-state index is 0.0127. The average molecular weight is 1010 g/mol.